The molecule has 2 heterocycles. The number of aryl methyl sites for hydroxylation is 1. The van der Waals surface area contributed by atoms with E-state index in [4.69, 9.17) is 0 Å². The van der Waals surface area contributed by atoms with Crippen LogP contribution in [0.4, 0.5) is 11.4 Å². The minimum atomic E-state index is 0.103. The molecule has 0 saturated carbocycles. The van der Waals surface area contributed by atoms with Gasteiger partial charge in [-0.05, 0) is 43.2 Å². The fraction of sp³-hybridized carbons (Fsp3) is 0.312. The van der Waals surface area contributed by atoms with Gasteiger partial charge in [0, 0.05) is 31.0 Å². The van der Waals surface area contributed by atoms with Gasteiger partial charge in [-0.3, -0.25) is 4.79 Å². The predicted molar refractivity (Wildman–Crippen MR) is 82.3 cm³/mol. The maximum Gasteiger partial charge on any atom is 0.223 e. The summed E-state index contributed by atoms with van der Waals surface area (Å²) in [5, 5.41) is 3.37. The van der Waals surface area contributed by atoms with Crippen molar-refractivity contribution < 1.29 is 4.79 Å². The van der Waals surface area contributed by atoms with E-state index in [1.807, 2.05) is 30.0 Å². The molecule has 1 aliphatic rings. The molecule has 5 nitrogen and oxygen atoms in total. The van der Waals surface area contributed by atoms with Gasteiger partial charge in [0.2, 0.25) is 5.91 Å². The molecule has 5 heteroatoms. The van der Waals surface area contributed by atoms with Crippen LogP contribution in [0.2, 0.25) is 0 Å². The first-order valence-corrected chi connectivity index (χ1v) is 7.07. The number of anilines is 2. The number of hydrogen-bond donors (Lipinski definition) is 1. The molecule has 21 heavy (non-hydrogen) atoms. The second-order valence-corrected chi connectivity index (χ2v) is 5.21. The predicted octanol–water partition coefficient (Wildman–Crippen LogP) is 2.31. The van der Waals surface area contributed by atoms with Gasteiger partial charge in [-0.15, -0.1) is 0 Å². The number of carbonyl (C=O) groups is 1. The number of nitrogens with zero attached hydrogens (tertiary/aromatic N) is 3. The Balaban J connectivity index is 1.72. The molecule has 2 aromatic rings. The molecule has 1 N–H and O–H groups in total. The molecule has 0 atom stereocenters. The summed E-state index contributed by atoms with van der Waals surface area (Å²) in [5.74, 6) is 0.881. The number of amides is 1. The maximum atomic E-state index is 11.5. The quantitative estimate of drug-likeness (QED) is 0.938. The first kappa shape index (κ1) is 13.5. The Labute approximate surface area is 124 Å². The summed E-state index contributed by atoms with van der Waals surface area (Å²) in [4.78, 5) is 21.8. The first-order valence-electron chi connectivity index (χ1n) is 7.07. The fourth-order valence-corrected chi connectivity index (χ4v) is 2.64. The van der Waals surface area contributed by atoms with Crippen molar-refractivity contribution >= 4 is 17.3 Å². The number of carbonyl (C=O) groups excluding carboxylic acids is 1. The number of benzene rings is 1. The molecule has 1 amide bonds. The number of aromatic nitrogens is 2. The van der Waals surface area contributed by atoms with E-state index in [1.54, 1.807) is 13.1 Å². The van der Waals surface area contributed by atoms with Gasteiger partial charge < -0.3 is 10.2 Å². The lowest BCUT2D eigenvalue weighted by molar-refractivity contribution is -0.116. The Morgan fingerprint density at radius 1 is 1.38 bits per heavy atom. The lowest BCUT2D eigenvalue weighted by Crippen LogP contribution is -2.25. The molecule has 0 unspecified atom stereocenters. The fourth-order valence-electron chi connectivity index (χ4n) is 2.64. The molecule has 0 radical (unpaired) electrons. The van der Waals surface area contributed by atoms with E-state index in [-0.39, 0.29) is 5.91 Å². The standard InChI is InChI=1S/C16H18N4O/c1-11-17-7-5-15(19-11)10-18-14-3-4-16-13(9-14)6-8-20(16)12(2)21/h3-5,7,9,18H,6,8,10H2,1-2H3. The Hall–Kier alpha value is -2.43. The third kappa shape index (κ3) is 2.86. The summed E-state index contributed by atoms with van der Waals surface area (Å²) in [6.07, 6.45) is 2.68. The average Bonchev–Trinajstić information content (AvgIpc) is 2.88. The second-order valence-electron chi connectivity index (χ2n) is 5.21. The highest BCUT2D eigenvalue weighted by molar-refractivity contribution is 5.94. The number of fused-ring (bicyclic) bond motifs is 1. The van der Waals surface area contributed by atoms with Crippen molar-refractivity contribution in [1.82, 2.24) is 9.97 Å². The summed E-state index contributed by atoms with van der Waals surface area (Å²) < 4.78 is 0. The minimum absolute atomic E-state index is 0.103. The van der Waals surface area contributed by atoms with Crippen LogP contribution in [0, 0.1) is 6.92 Å². The van der Waals surface area contributed by atoms with Crippen LogP contribution < -0.4 is 10.2 Å². The van der Waals surface area contributed by atoms with Crippen molar-refractivity contribution in [2.24, 2.45) is 0 Å². The monoisotopic (exact) mass is 282 g/mol. The highest BCUT2D eigenvalue weighted by atomic mass is 16.2. The third-order valence-corrected chi connectivity index (χ3v) is 3.66. The third-order valence-electron chi connectivity index (χ3n) is 3.66. The van der Waals surface area contributed by atoms with Crippen LogP contribution in [0.5, 0.6) is 0 Å². The molecule has 0 spiro atoms. The van der Waals surface area contributed by atoms with E-state index in [0.29, 0.717) is 6.54 Å². The Morgan fingerprint density at radius 2 is 2.24 bits per heavy atom. The molecule has 0 fully saturated rings. The molecule has 0 bridgehead atoms. The van der Waals surface area contributed by atoms with Crippen LogP contribution in [0.25, 0.3) is 0 Å². The van der Waals surface area contributed by atoms with Crippen molar-refractivity contribution in [2.45, 2.75) is 26.8 Å². The van der Waals surface area contributed by atoms with E-state index >= 15 is 0 Å². The van der Waals surface area contributed by atoms with Gasteiger partial charge >= 0.3 is 0 Å². The molecule has 1 aromatic heterocycles. The summed E-state index contributed by atoms with van der Waals surface area (Å²) in [5.41, 5.74) is 4.27. The zero-order chi connectivity index (χ0) is 14.8. The topological polar surface area (TPSA) is 58.1 Å². The van der Waals surface area contributed by atoms with Crippen molar-refractivity contribution in [1.29, 1.82) is 0 Å². The van der Waals surface area contributed by atoms with Crippen LogP contribution in [0.3, 0.4) is 0 Å². The Kier molecular flexibility index (Phi) is 3.56. The van der Waals surface area contributed by atoms with Crippen LogP contribution >= 0.6 is 0 Å². The van der Waals surface area contributed by atoms with Gasteiger partial charge in [0.15, 0.2) is 0 Å². The van der Waals surface area contributed by atoms with Gasteiger partial charge in [-0.1, -0.05) is 0 Å². The van der Waals surface area contributed by atoms with Crippen molar-refractivity contribution in [2.75, 3.05) is 16.8 Å². The minimum Gasteiger partial charge on any atom is -0.379 e. The SMILES string of the molecule is CC(=O)N1CCc2cc(NCc3ccnc(C)n3)ccc21. The molecule has 0 aliphatic carbocycles. The summed E-state index contributed by atoms with van der Waals surface area (Å²) in [7, 11) is 0. The average molecular weight is 282 g/mol. The van der Waals surface area contributed by atoms with E-state index < -0.39 is 0 Å². The van der Waals surface area contributed by atoms with Crippen LogP contribution in [0.15, 0.2) is 30.5 Å². The highest BCUT2D eigenvalue weighted by Gasteiger charge is 2.21. The van der Waals surface area contributed by atoms with E-state index in [9.17, 15) is 4.79 Å². The zero-order valence-electron chi connectivity index (χ0n) is 12.3. The summed E-state index contributed by atoms with van der Waals surface area (Å²) >= 11 is 0. The molecule has 1 aliphatic heterocycles. The van der Waals surface area contributed by atoms with Gasteiger partial charge in [0.05, 0.1) is 12.2 Å². The number of nitrogens with one attached hydrogen (secondary N) is 1. The molecule has 1 aromatic carbocycles. The lowest BCUT2D eigenvalue weighted by atomic mass is 10.1. The first-order chi connectivity index (χ1) is 10.1. The summed E-state index contributed by atoms with van der Waals surface area (Å²) in [6, 6.07) is 8.04. The van der Waals surface area contributed by atoms with Crippen LogP contribution in [0.1, 0.15) is 24.0 Å². The number of rotatable bonds is 3. The van der Waals surface area contributed by atoms with Crippen molar-refractivity contribution in [3.8, 4) is 0 Å². The molecular weight excluding hydrogens is 264 g/mol. The van der Waals surface area contributed by atoms with Gasteiger partial charge in [0.25, 0.3) is 0 Å². The van der Waals surface area contributed by atoms with Gasteiger partial charge in [-0.2, -0.15) is 0 Å². The smallest absolute Gasteiger partial charge is 0.223 e. The Morgan fingerprint density at radius 3 is 3.00 bits per heavy atom. The van der Waals surface area contributed by atoms with E-state index in [1.165, 1.54) is 5.56 Å². The second kappa shape index (κ2) is 5.52. The van der Waals surface area contributed by atoms with Gasteiger partial charge in [0.1, 0.15) is 5.82 Å². The van der Waals surface area contributed by atoms with Crippen LogP contribution in [-0.2, 0) is 17.8 Å². The van der Waals surface area contributed by atoms with E-state index in [2.05, 4.69) is 21.4 Å². The molecule has 3 rings (SSSR count). The number of hydrogen-bond acceptors (Lipinski definition) is 4. The maximum absolute atomic E-state index is 11.5. The van der Waals surface area contributed by atoms with Crippen molar-refractivity contribution in [3.63, 3.8) is 0 Å². The summed E-state index contributed by atoms with van der Waals surface area (Å²) in [6.45, 7) is 4.94. The Bertz CT molecular complexity index is 684. The van der Waals surface area contributed by atoms with Crippen molar-refractivity contribution in [3.05, 3.63) is 47.5 Å². The molecule has 0 saturated heterocycles. The van der Waals surface area contributed by atoms with Crippen LogP contribution in [-0.4, -0.2) is 22.4 Å². The molecule has 108 valence electrons. The largest absolute Gasteiger partial charge is 0.379 e. The zero-order valence-corrected chi connectivity index (χ0v) is 12.3. The highest BCUT2D eigenvalue weighted by Crippen LogP contribution is 2.30. The molecular formula is C16H18N4O. The van der Waals surface area contributed by atoms with Gasteiger partial charge in [-0.25, -0.2) is 9.97 Å². The normalized spacial score (nSPS) is 13.1. The van der Waals surface area contributed by atoms with E-state index in [0.717, 1.165) is 35.9 Å². The lowest BCUT2D eigenvalue weighted by Gasteiger charge is -2.15.